The lowest BCUT2D eigenvalue weighted by molar-refractivity contribution is 0.964. The van der Waals surface area contributed by atoms with Crippen molar-refractivity contribution in [2.24, 2.45) is 12.8 Å². The first-order valence-electron chi connectivity index (χ1n) is 3.92. The molecular formula is C10H11N2. The number of aryl methyl sites for hydroxylation is 1. The van der Waals surface area contributed by atoms with Gasteiger partial charge in [0, 0.05) is 24.1 Å². The van der Waals surface area contributed by atoms with Gasteiger partial charge in [0.1, 0.15) is 0 Å². The fraction of sp³-hybridized carbons (Fsp3) is 0.100. The molecule has 0 aliphatic heterocycles. The van der Waals surface area contributed by atoms with Crippen molar-refractivity contribution < 1.29 is 0 Å². The molecule has 1 aromatic heterocycles. The summed E-state index contributed by atoms with van der Waals surface area (Å²) >= 11 is 0. The molecule has 2 aromatic rings. The van der Waals surface area contributed by atoms with Crippen LogP contribution in [0.2, 0.25) is 0 Å². The molecule has 61 valence electrons. The van der Waals surface area contributed by atoms with E-state index in [1.165, 1.54) is 10.9 Å². The van der Waals surface area contributed by atoms with Crippen LogP contribution in [0.25, 0.3) is 10.9 Å². The lowest BCUT2D eigenvalue weighted by atomic mass is 10.2. The maximum atomic E-state index is 5.49. The summed E-state index contributed by atoms with van der Waals surface area (Å²) in [6, 6.07) is 8.22. The highest BCUT2D eigenvalue weighted by atomic mass is 14.9. The van der Waals surface area contributed by atoms with Crippen LogP contribution in [-0.4, -0.2) is 4.57 Å². The average Bonchev–Trinajstić information content (AvgIpc) is 2.44. The molecule has 0 amide bonds. The normalized spacial score (nSPS) is 10.8. The van der Waals surface area contributed by atoms with Gasteiger partial charge in [0.2, 0.25) is 0 Å². The molecule has 2 heteroatoms. The molecule has 1 aromatic carbocycles. The zero-order valence-electron chi connectivity index (χ0n) is 6.99. The summed E-state index contributed by atoms with van der Waals surface area (Å²) < 4.78 is 2.08. The minimum absolute atomic E-state index is 1.09. The fourth-order valence-corrected chi connectivity index (χ4v) is 1.51. The number of rotatable bonds is 1. The highest BCUT2D eigenvalue weighted by Crippen LogP contribution is 2.19. The van der Waals surface area contributed by atoms with Gasteiger partial charge in [-0.1, -0.05) is 18.2 Å². The van der Waals surface area contributed by atoms with E-state index in [2.05, 4.69) is 16.7 Å². The van der Waals surface area contributed by atoms with Gasteiger partial charge in [-0.2, -0.15) is 0 Å². The Labute approximate surface area is 71.6 Å². The van der Waals surface area contributed by atoms with Gasteiger partial charge >= 0.3 is 0 Å². The predicted octanol–water partition coefficient (Wildman–Crippen LogP) is 1.65. The summed E-state index contributed by atoms with van der Waals surface area (Å²) in [5.41, 5.74) is 7.80. The average molecular weight is 159 g/mol. The van der Waals surface area contributed by atoms with Crippen LogP contribution in [0.5, 0.6) is 0 Å². The maximum absolute atomic E-state index is 5.49. The SMILES string of the molecule is Cn1cc([CH]N)c2ccccc21. The van der Waals surface area contributed by atoms with E-state index in [4.69, 9.17) is 5.73 Å². The van der Waals surface area contributed by atoms with Crippen molar-refractivity contribution in [3.05, 3.63) is 42.6 Å². The standard InChI is InChI=1S/C10H11N2/c1-12-7-8(6-11)9-4-2-3-5-10(9)12/h2-7H,11H2,1H3. The molecular weight excluding hydrogens is 148 g/mol. The molecule has 0 saturated carbocycles. The monoisotopic (exact) mass is 159 g/mol. The number of nitrogens with two attached hydrogens (primary N) is 1. The number of nitrogens with zero attached hydrogens (tertiary/aromatic N) is 1. The van der Waals surface area contributed by atoms with Crippen LogP contribution in [0.3, 0.4) is 0 Å². The van der Waals surface area contributed by atoms with E-state index in [9.17, 15) is 0 Å². The zero-order chi connectivity index (χ0) is 8.55. The van der Waals surface area contributed by atoms with E-state index >= 15 is 0 Å². The van der Waals surface area contributed by atoms with Crippen molar-refractivity contribution in [3.8, 4) is 0 Å². The van der Waals surface area contributed by atoms with Crippen molar-refractivity contribution in [3.63, 3.8) is 0 Å². The smallest absolute Gasteiger partial charge is 0.0513 e. The Hall–Kier alpha value is -1.28. The molecule has 0 aliphatic carbocycles. The van der Waals surface area contributed by atoms with Gasteiger partial charge in [-0.15, -0.1) is 0 Å². The Morgan fingerprint density at radius 1 is 1.33 bits per heavy atom. The Kier molecular flexibility index (Phi) is 1.62. The lowest BCUT2D eigenvalue weighted by Gasteiger charge is -1.93. The van der Waals surface area contributed by atoms with Crippen LogP contribution < -0.4 is 5.73 Å². The molecule has 2 rings (SSSR count). The molecule has 0 aliphatic rings. The maximum Gasteiger partial charge on any atom is 0.0513 e. The number of hydrogen-bond donors (Lipinski definition) is 1. The molecule has 2 nitrogen and oxygen atoms in total. The van der Waals surface area contributed by atoms with Crippen molar-refractivity contribution in [2.75, 3.05) is 0 Å². The molecule has 0 fully saturated rings. The second kappa shape index (κ2) is 2.64. The lowest BCUT2D eigenvalue weighted by Crippen LogP contribution is -1.90. The van der Waals surface area contributed by atoms with Gasteiger partial charge in [-0.05, 0) is 11.6 Å². The summed E-state index contributed by atoms with van der Waals surface area (Å²) in [6.07, 6.45) is 2.03. The molecule has 1 heterocycles. The third-order valence-electron chi connectivity index (χ3n) is 2.11. The molecule has 0 bridgehead atoms. The van der Waals surface area contributed by atoms with Gasteiger partial charge in [-0.25, -0.2) is 0 Å². The van der Waals surface area contributed by atoms with Gasteiger partial charge in [0.15, 0.2) is 0 Å². The van der Waals surface area contributed by atoms with E-state index in [0.29, 0.717) is 0 Å². The first-order chi connectivity index (χ1) is 5.83. The third kappa shape index (κ3) is 0.924. The molecule has 12 heavy (non-hydrogen) atoms. The van der Waals surface area contributed by atoms with Crippen LogP contribution in [0.4, 0.5) is 0 Å². The molecule has 0 saturated heterocycles. The molecule has 0 spiro atoms. The Balaban J connectivity index is 2.82. The molecule has 2 N–H and O–H groups in total. The number of benzene rings is 1. The van der Waals surface area contributed by atoms with E-state index < -0.39 is 0 Å². The quantitative estimate of drug-likeness (QED) is 0.673. The van der Waals surface area contributed by atoms with E-state index in [1.54, 1.807) is 6.54 Å². The largest absolute Gasteiger partial charge is 0.350 e. The summed E-state index contributed by atoms with van der Waals surface area (Å²) in [5.74, 6) is 0. The van der Waals surface area contributed by atoms with Gasteiger partial charge in [0.05, 0.1) is 6.54 Å². The summed E-state index contributed by atoms with van der Waals surface area (Å²) in [5, 5.41) is 1.21. The third-order valence-corrected chi connectivity index (χ3v) is 2.11. The molecule has 0 unspecified atom stereocenters. The molecule has 1 radical (unpaired) electrons. The van der Waals surface area contributed by atoms with E-state index in [0.717, 1.165) is 5.56 Å². The first-order valence-corrected chi connectivity index (χ1v) is 3.92. The highest BCUT2D eigenvalue weighted by Gasteiger charge is 2.02. The number of aromatic nitrogens is 1. The van der Waals surface area contributed by atoms with Gasteiger partial charge in [-0.3, -0.25) is 0 Å². The van der Waals surface area contributed by atoms with E-state index in [-0.39, 0.29) is 0 Å². The zero-order valence-corrected chi connectivity index (χ0v) is 6.99. The molecule has 0 atom stereocenters. The second-order valence-electron chi connectivity index (χ2n) is 2.88. The summed E-state index contributed by atoms with van der Waals surface area (Å²) in [4.78, 5) is 0. The van der Waals surface area contributed by atoms with Crippen LogP contribution in [0, 0.1) is 6.54 Å². The first kappa shape index (κ1) is 7.37. The van der Waals surface area contributed by atoms with Crippen LogP contribution >= 0.6 is 0 Å². The number of hydrogen-bond acceptors (Lipinski definition) is 1. The fourth-order valence-electron chi connectivity index (χ4n) is 1.51. The highest BCUT2D eigenvalue weighted by molar-refractivity contribution is 5.84. The summed E-state index contributed by atoms with van der Waals surface area (Å²) in [7, 11) is 2.02. The Bertz CT molecular complexity index is 401. The van der Waals surface area contributed by atoms with Crippen molar-refractivity contribution in [1.82, 2.24) is 4.57 Å². The van der Waals surface area contributed by atoms with Crippen LogP contribution in [-0.2, 0) is 7.05 Å². The van der Waals surface area contributed by atoms with Gasteiger partial charge in [0.25, 0.3) is 0 Å². The number of para-hydroxylation sites is 1. The minimum atomic E-state index is 1.09. The van der Waals surface area contributed by atoms with Crippen molar-refractivity contribution in [1.29, 1.82) is 0 Å². The van der Waals surface area contributed by atoms with Gasteiger partial charge < -0.3 is 10.3 Å². The van der Waals surface area contributed by atoms with Crippen molar-refractivity contribution in [2.45, 2.75) is 0 Å². The second-order valence-corrected chi connectivity index (χ2v) is 2.88. The van der Waals surface area contributed by atoms with Crippen LogP contribution in [0.15, 0.2) is 30.5 Å². The van der Waals surface area contributed by atoms with E-state index in [1.807, 2.05) is 25.4 Å². The Morgan fingerprint density at radius 2 is 2.08 bits per heavy atom. The number of fused-ring (bicyclic) bond motifs is 1. The summed E-state index contributed by atoms with van der Waals surface area (Å²) in [6.45, 7) is 1.64. The van der Waals surface area contributed by atoms with Crippen molar-refractivity contribution >= 4 is 10.9 Å². The van der Waals surface area contributed by atoms with Crippen LogP contribution in [0.1, 0.15) is 5.56 Å². The minimum Gasteiger partial charge on any atom is -0.350 e. The Morgan fingerprint density at radius 3 is 2.83 bits per heavy atom. The topological polar surface area (TPSA) is 30.9 Å². The predicted molar refractivity (Wildman–Crippen MR) is 50.5 cm³/mol.